The molecule has 1 saturated heterocycles. The van der Waals surface area contributed by atoms with Gasteiger partial charge in [-0.25, -0.2) is 0 Å². The molecule has 0 radical (unpaired) electrons. The molecule has 0 saturated carbocycles. The molecule has 0 unspecified atom stereocenters. The first-order valence-corrected chi connectivity index (χ1v) is 10.8. The van der Waals surface area contributed by atoms with Crippen LogP contribution in [0.3, 0.4) is 0 Å². The van der Waals surface area contributed by atoms with Crippen molar-refractivity contribution in [2.45, 2.75) is 25.8 Å². The van der Waals surface area contributed by atoms with Crippen LogP contribution in [0.2, 0.25) is 0 Å². The number of unbranched alkanes of at least 4 members (excludes halogenated alkanes) is 2. The number of ether oxygens (including phenoxy) is 1. The van der Waals surface area contributed by atoms with Gasteiger partial charge in [-0.2, -0.15) is 4.80 Å². The van der Waals surface area contributed by atoms with E-state index in [0.717, 1.165) is 57.0 Å². The van der Waals surface area contributed by atoms with E-state index in [4.69, 9.17) is 4.74 Å². The van der Waals surface area contributed by atoms with Crippen molar-refractivity contribution in [2.75, 3.05) is 44.7 Å². The Morgan fingerprint density at radius 3 is 2.37 bits per heavy atom. The largest absolute Gasteiger partial charge is 0.495 e. The van der Waals surface area contributed by atoms with Crippen molar-refractivity contribution >= 4 is 5.69 Å². The molecule has 30 heavy (non-hydrogen) atoms. The number of rotatable bonds is 9. The van der Waals surface area contributed by atoms with Crippen LogP contribution in [0.25, 0.3) is 11.4 Å². The summed E-state index contributed by atoms with van der Waals surface area (Å²) >= 11 is 0. The number of piperazine rings is 1. The van der Waals surface area contributed by atoms with Crippen LogP contribution in [0.4, 0.5) is 5.69 Å². The van der Waals surface area contributed by atoms with Gasteiger partial charge in [0.1, 0.15) is 5.75 Å². The SMILES string of the molecule is COc1ccccc1N1CCN(CCCCCn2nnc(-c3ccccc3)n2)CC1. The average molecular weight is 407 g/mol. The third kappa shape index (κ3) is 5.16. The Balaban J connectivity index is 1.14. The van der Waals surface area contributed by atoms with E-state index in [-0.39, 0.29) is 0 Å². The predicted molar refractivity (Wildman–Crippen MR) is 119 cm³/mol. The molecule has 0 spiro atoms. The number of aryl methyl sites for hydroxylation is 1. The highest BCUT2D eigenvalue weighted by Crippen LogP contribution is 2.28. The number of para-hydroxylation sites is 2. The highest BCUT2D eigenvalue weighted by molar-refractivity contribution is 5.58. The molecule has 7 nitrogen and oxygen atoms in total. The summed E-state index contributed by atoms with van der Waals surface area (Å²) in [5.74, 6) is 1.66. The molecule has 158 valence electrons. The Labute approximate surface area is 178 Å². The molecular weight excluding hydrogens is 376 g/mol. The van der Waals surface area contributed by atoms with E-state index < -0.39 is 0 Å². The molecule has 0 atom stereocenters. The number of nitrogens with zero attached hydrogens (tertiary/aromatic N) is 6. The number of hydrogen-bond acceptors (Lipinski definition) is 6. The van der Waals surface area contributed by atoms with Crippen LogP contribution in [0.5, 0.6) is 5.75 Å². The normalized spacial score (nSPS) is 14.8. The van der Waals surface area contributed by atoms with Gasteiger partial charge in [-0.3, -0.25) is 4.90 Å². The first-order chi connectivity index (χ1) is 14.8. The van der Waals surface area contributed by atoms with Gasteiger partial charge in [-0.1, -0.05) is 48.9 Å². The number of benzene rings is 2. The van der Waals surface area contributed by atoms with Crippen LogP contribution in [0.15, 0.2) is 54.6 Å². The summed E-state index contributed by atoms with van der Waals surface area (Å²) in [6.07, 6.45) is 3.45. The van der Waals surface area contributed by atoms with Gasteiger partial charge < -0.3 is 9.64 Å². The summed E-state index contributed by atoms with van der Waals surface area (Å²) in [5, 5.41) is 12.8. The monoisotopic (exact) mass is 406 g/mol. The second-order valence-corrected chi connectivity index (χ2v) is 7.64. The zero-order chi connectivity index (χ0) is 20.6. The number of tetrazole rings is 1. The van der Waals surface area contributed by atoms with Gasteiger partial charge in [0, 0.05) is 31.7 Å². The lowest BCUT2D eigenvalue weighted by Gasteiger charge is -2.36. The number of aromatic nitrogens is 4. The zero-order valence-electron chi connectivity index (χ0n) is 17.7. The van der Waals surface area contributed by atoms with Crippen molar-refractivity contribution in [3.8, 4) is 17.1 Å². The van der Waals surface area contributed by atoms with Crippen LogP contribution < -0.4 is 9.64 Å². The average Bonchev–Trinajstić information content (AvgIpc) is 3.29. The summed E-state index contributed by atoms with van der Waals surface area (Å²) in [5.41, 5.74) is 2.21. The first-order valence-electron chi connectivity index (χ1n) is 10.8. The van der Waals surface area contributed by atoms with E-state index in [1.54, 1.807) is 11.9 Å². The maximum absolute atomic E-state index is 5.51. The van der Waals surface area contributed by atoms with E-state index >= 15 is 0 Å². The summed E-state index contributed by atoms with van der Waals surface area (Å²) in [7, 11) is 1.74. The molecular formula is C23H30N6O. The molecule has 2 aromatic carbocycles. The fourth-order valence-electron chi connectivity index (χ4n) is 3.91. The number of anilines is 1. The van der Waals surface area contributed by atoms with Crippen LogP contribution in [0.1, 0.15) is 19.3 Å². The standard InChI is InChI=1S/C23H30N6O/c1-30-22-13-7-6-12-21(22)28-18-16-27(17-19-28)14-8-3-9-15-29-25-23(24-26-29)20-10-4-2-5-11-20/h2,4-7,10-13H,3,8-9,14-19H2,1H3. The molecule has 3 aromatic rings. The molecule has 1 aromatic heterocycles. The molecule has 4 rings (SSSR count). The topological polar surface area (TPSA) is 59.3 Å². The molecule has 1 aliphatic rings. The molecule has 7 heteroatoms. The molecule has 1 aliphatic heterocycles. The van der Waals surface area contributed by atoms with Crippen molar-refractivity contribution in [3.05, 3.63) is 54.6 Å². The maximum Gasteiger partial charge on any atom is 0.204 e. The summed E-state index contributed by atoms with van der Waals surface area (Å²) in [6, 6.07) is 18.3. The predicted octanol–water partition coefficient (Wildman–Crippen LogP) is 3.34. The van der Waals surface area contributed by atoms with Crippen molar-refractivity contribution < 1.29 is 4.74 Å². The van der Waals surface area contributed by atoms with E-state index in [9.17, 15) is 0 Å². The van der Waals surface area contributed by atoms with Gasteiger partial charge in [-0.05, 0) is 36.7 Å². The Hall–Kier alpha value is -2.93. The maximum atomic E-state index is 5.51. The summed E-state index contributed by atoms with van der Waals surface area (Å²) in [4.78, 5) is 6.71. The third-order valence-corrected chi connectivity index (χ3v) is 5.62. The highest BCUT2D eigenvalue weighted by atomic mass is 16.5. The second-order valence-electron chi connectivity index (χ2n) is 7.64. The lowest BCUT2D eigenvalue weighted by atomic mass is 10.2. The summed E-state index contributed by atoms with van der Waals surface area (Å²) < 4.78 is 5.51. The Bertz CT molecular complexity index is 905. The molecule has 0 N–H and O–H groups in total. The van der Waals surface area contributed by atoms with Crippen LogP contribution in [-0.2, 0) is 6.54 Å². The number of methoxy groups -OCH3 is 1. The Kier molecular flexibility index (Phi) is 6.92. The first kappa shape index (κ1) is 20.3. The molecule has 0 aliphatic carbocycles. The zero-order valence-corrected chi connectivity index (χ0v) is 17.7. The lowest BCUT2D eigenvalue weighted by molar-refractivity contribution is 0.250. The minimum Gasteiger partial charge on any atom is -0.495 e. The highest BCUT2D eigenvalue weighted by Gasteiger charge is 2.19. The fraction of sp³-hybridized carbons (Fsp3) is 0.435. The number of hydrogen-bond donors (Lipinski definition) is 0. The van der Waals surface area contributed by atoms with Crippen LogP contribution in [0, 0.1) is 0 Å². The van der Waals surface area contributed by atoms with Crippen molar-refractivity contribution in [1.82, 2.24) is 25.1 Å². The van der Waals surface area contributed by atoms with Gasteiger partial charge in [0.15, 0.2) is 0 Å². The molecule has 0 amide bonds. The Morgan fingerprint density at radius 1 is 0.833 bits per heavy atom. The molecule has 1 fully saturated rings. The van der Waals surface area contributed by atoms with E-state index in [0.29, 0.717) is 5.82 Å². The molecule has 0 bridgehead atoms. The fourth-order valence-corrected chi connectivity index (χ4v) is 3.91. The van der Waals surface area contributed by atoms with Crippen molar-refractivity contribution in [2.24, 2.45) is 0 Å². The van der Waals surface area contributed by atoms with E-state index in [2.05, 4.69) is 37.3 Å². The second kappa shape index (κ2) is 10.2. The minimum absolute atomic E-state index is 0.698. The Morgan fingerprint density at radius 2 is 1.57 bits per heavy atom. The van der Waals surface area contributed by atoms with Crippen LogP contribution in [-0.4, -0.2) is 64.9 Å². The van der Waals surface area contributed by atoms with Gasteiger partial charge >= 0.3 is 0 Å². The van der Waals surface area contributed by atoms with Gasteiger partial charge in [0.25, 0.3) is 0 Å². The van der Waals surface area contributed by atoms with Gasteiger partial charge in [-0.15, -0.1) is 10.2 Å². The van der Waals surface area contributed by atoms with E-state index in [1.807, 2.05) is 42.5 Å². The minimum atomic E-state index is 0.698. The molecule has 2 heterocycles. The van der Waals surface area contributed by atoms with Crippen molar-refractivity contribution in [1.29, 1.82) is 0 Å². The van der Waals surface area contributed by atoms with Gasteiger partial charge in [0.05, 0.1) is 19.3 Å². The van der Waals surface area contributed by atoms with Crippen molar-refractivity contribution in [3.63, 3.8) is 0 Å². The van der Waals surface area contributed by atoms with Gasteiger partial charge in [0.2, 0.25) is 5.82 Å². The third-order valence-electron chi connectivity index (χ3n) is 5.62. The quantitative estimate of drug-likeness (QED) is 0.508. The summed E-state index contributed by atoms with van der Waals surface area (Å²) in [6.45, 7) is 6.27. The lowest BCUT2D eigenvalue weighted by Crippen LogP contribution is -2.46. The smallest absolute Gasteiger partial charge is 0.204 e. The van der Waals surface area contributed by atoms with E-state index in [1.165, 1.54) is 18.5 Å². The van der Waals surface area contributed by atoms with Crippen LogP contribution >= 0.6 is 0 Å².